The molecule has 1 aliphatic rings. The zero-order valence-electron chi connectivity index (χ0n) is 7.82. The summed E-state index contributed by atoms with van der Waals surface area (Å²) in [5.74, 6) is -1.08. The third kappa shape index (κ3) is 3.05. The Bertz CT molecular complexity index is 191. The van der Waals surface area contributed by atoms with E-state index in [4.69, 9.17) is 0 Å². The highest BCUT2D eigenvalue weighted by molar-refractivity contribution is 5.03. The number of halogens is 3. The summed E-state index contributed by atoms with van der Waals surface area (Å²) in [5, 5.41) is 0. The van der Waals surface area contributed by atoms with E-state index in [1.165, 1.54) is 5.57 Å². The smallest absolute Gasteiger partial charge is 0.171 e. The molecule has 0 aromatic carbocycles. The SMILES string of the molecule is CCC1=CCCC(C(F)(F)F)CC1. The number of hydrogen-bond donors (Lipinski definition) is 0. The lowest BCUT2D eigenvalue weighted by atomic mass is 9.98. The Morgan fingerprint density at radius 3 is 2.62 bits per heavy atom. The van der Waals surface area contributed by atoms with Crippen LogP contribution in [0, 0.1) is 5.92 Å². The van der Waals surface area contributed by atoms with E-state index in [0.717, 1.165) is 6.42 Å². The van der Waals surface area contributed by atoms with E-state index in [9.17, 15) is 13.2 Å². The average molecular weight is 192 g/mol. The van der Waals surface area contributed by atoms with E-state index in [1.54, 1.807) is 0 Å². The Morgan fingerprint density at radius 2 is 2.08 bits per heavy atom. The second-order valence-electron chi connectivity index (χ2n) is 3.57. The molecular weight excluding hydrogens is 177 g/mol. The van der Waals surface area contributed by atoms with Gasteiger partial charge in [-0.15, -0.1) is 0 Å². The molecule has 0 saturated heterocycles. The van der Waals surface area contributed by atoms with Gasteiger partial charge in [-0.05, 0) is 32.1 Å². The lowest BCUT2D eigenvalue weighted by Gasteiger charge is -2.17. The Labute approximate surface area is 76.8 Å². The average Bonchev–Trinajstić information content (AvgIpc) is 2.26. The van der Waals surface area contributed by atoms with Crippen molar-refractivity contribution in [2.24, 2.45) is 5.92 Å². The maximum atomic E-state index is 12.3. The fraction of sp³-hybridized carbons (Fsp3) is 0.800. The van der Waals surface area contributed by atoms with E-state index in [-0.39, 0.29) is 12.8 Å². The third-order valence-electron chi connectivity index (χ3n) is 2.68. The minimum absolute atomic E-state index is 0.271. The summed E-state index contributed by atoms with van der Waals surface area (Å²) in [5.41, 5.74) is 1.19. The van der Waals surface area contributed by atoms with Crippen molar-refractivity contribution >= 4 is 0 Å². The van der Waals surface area contributed by atoms with Crippen molar-refractivity contribution in [3.8, 4) is 0 Å². The second-order valence-corrected chi connectivity index (χ2v) is 3.57. The zero-order chi connectivity index (χ0) is 9.90. The van der Waals surface area contributed by atoms with Gasteiger partial charge in [-0.25, -0.2) is 0 Å². The number of alkyl halides is 3. The maximum absolute atomic E-state index is 12.3. The van der Waals surface area contributed by atoms with Gasteiger partial charge in [0.1, 0.15) is 0 Å². The first kappa shape index (κ1) is 10.6. The molecule has 1 unspecified atom stereocenters. The first-order chi connectivity index (χ1) is 6.04. The normalized spacial score (nSPS) is 25.2. The summed E-state index contributed by atoms with van der Waals surface area (Å²) >= 11 is 0. The van der Waals surface area contributed by atoms with E-state index in [0.29, 0.717) is 12.8 Å². The predicted molar refractivity (Wildman–Crippen MR) is 46.4 cm³/mol. The van der Waals surface area contributed by atoms with Crippen LogP contribution in [0.4, 0.5) is 13.2 Å². The minimum atomic E-state index is -3.99. The van der Waals surface area contributed by atoms with Gasteiger partial charge in [0.2, 0.25) is 0 Å². The molecule has 13 heavy (non-hydrogen) atoms. The summed E-state index contributed by atoms with van der Waals surface area (Å²) in [7, 11) is 0. The Morgan fingerprint density at radius 1 is 1.38 bits per heavy atom. The number of rotatable bonds is 1. The molecule has 0 N–H and O–H groups in total. The molecule has 0 saturated carbocycles. The van der Waals surface area contributed by atoms with Gasteiger partial charge in [-0.2, -0.15) is 13.2 Å². The van der Waals surface area contributed by atoms with Gasteiger partial charge < -0.3 is 0 Å². The molecule has 0 fully saturated rings. The molecule has 0 amide bonds. The van der Waals surface area contributed by atoms with Crippen LogP contribution in [0.3, 0.4) is 0 Å². The molecule has 0 aromatic heterocycles. The predicted octanol–water partition coefficient (Wildman–Crippen LogP) is 4.08. The van der Waals surface area contributed by atoms with Crippen LogP contribution in [0.1, 0.15) is 39.0 Å². The molecule has 0 bridgehead atoms. The monoisotopic (exact) mass is 192 g/mol. The van der Waals surface area contributed by atoms with Crippen LogP contribution in [0.15, 0.2) is 11.6 Å². The molecule has 0 radical (unpaired) electrons. The summed E-state index contributed by atoms with van der Waals surface area (Å²) < 4.78 is 37.0. The standard InChI is InChI=1S/C10H15F3/c1-2-8-4-3-5-9(7-6-8)10(11,12)13/h4,9H,2-3,5-7H2,1H3. The molecular formula is C10H15F3. The van der Waals surface area contributed by atoms with Crippen molar-refractivity contribution in [1.82, 2.24) is 0 Å². The summed E-state index contributed by atoms with van der Waals surface area (Å²) in [4.78, 5) is 0. The second kappa shape index (κ2) is 4.16. The van der Waals surface area contributed by atoms with Crippen molar-refractivity contribution < 1.29 is 13.2 Å². The van der Waals surface area contributed by atoms with Gasteiger partial charge in [0.05, 0.1) is 5.92 Å². The molecule has 1 aliphatic carbocycles. The van der Waals surface area contributed by atoms with Crippen LogP contribution in [-0.2, 0) is 0 Å². The van der Waals surface area contributed by atoms with Crippen molar-refractivity contribution in [1.29, 1.82) is 0 Å². The summed E-state index contributed by atoms with van der Waals surface area (Å²) in [6.45, 7) is 2.00. The van der Waals surface area contributed by atoms with Gasteiger partial charge in [0.15, 0.2) is 0 Å². The largest absolute Gasteiger partial charge is 0.391 e. The van der Waals surface area contributed by atoms with E-state index < -0.39 is 12.1 Å². The molecule has 1 rings (SSSR count). The molecule has 0 heterocycles. The van der Waals surface area contributed by atoms with E-state index in [2.05, 4.69) is 0 Å². The molecule has 3 heteroatoms. The Balaban J connectivity index is 2.51. The third-order valence-corrected chi connectivity index (χ3v) is 2.68. The minimum Gasteiger partial charge on any atom is -0.171 e. The Hall–Kier alpha value is -0.470. The molecule has 76 valence electrons. The molecule has 0 aromatic rings. The quantitative estimate of drug-likeness (QED) is 0.549. The van der Waals surface area contributed by atoms with Gasteiger partial charge in [-0.1, -0.05) is 18.6 Å². The summed E-state index contributed by atoms with van der Waals surface area (Å²) in [6, 6.07) is 0. The molecule has 1 atom stereocenters. The summed E-state index contributed by atoms with van der Waals surface area (Å²) in [6.07, 6.45) is 0.650. The van der Waals surface area contributed by atoms with Gasteiger partial charge in [-0.3, -0.25) is 0 Å². The van der Waals surface area contributed by atoms with Crippen molar-refractivity contribution in [3.05, 3.63) is 11.6 Å². The molecule has 0 nitrogen and oxygen atoms in total. The fourth-order valence-electron chi connectivity index (χ4n) is 1.74. The number of allylic oxidation sites excluding steroid dienone is 2. The zero-order valence-corrected chi connectivity index (χ0v) is 7.82. The first-order valence-corrected chi connectivity index (χ1v) is 4.78. The van der Waals surface area contributed by atoms with Crippen molar-refractivity contribution in [3.63, 3.8) is 0 Å². The Kier molecular flexibility index (Phi) is 3.40. The first-order valence-electron chi connectivity index (χ1n) is 4.78. The van der Waals surface area contributed by atoms with Crippen LogP contribution in [0.25, 0.3) is 0 Å². The highest BCUT2D eigenvalue weighted by Gasteiger charge is 2.38. The lowest BCUT2D eigenvalue weighted by molar-refractivity contribution is -0.177. The van der Waals surface area contributed by atoms with Gasteiger partial charge in [0.25, 0.3) is 0 Å². The lowest BCUT2D eigenvalue weighted by Crippen LogP contribution is -2.22. The van der Waals surface area contributed by atoms with Crippen LogP contribution in [-0.4, -0.2) is 6.18 Å². The maximum Gasteiger partial charge on any atom is 0.391 e. The van der Waals surface area contributed by atoms with Crippen LogP contribution in [0.2, 0.25) is 0 Å². The van der Waals surface area contributed by atoms with Crippen LogP contribution in [0.5, 0.6) is 0 Å². The van der Waals surface area contributed by atoms with Crippen LogP contribution >= 0.6 is 0 Å². The van der Waals surface area contributed by atoms with Gasteiger partial charge >= 0.3 is 6.18 Å². The molecule has 0 aliphatic heterocycles. The molecule has 0 spiro atoms. The highest BCUT2D eigenvalue weighted by Crippen LogP contribution is 2.36. The highest BCUT2D eigenvalue weighted by atomic mass is 19.4. The van der Waals surface area contributed by atoms with Gasteiger partial charge in [0, 0.05) is 0 Å². The fourth-order valence-corrected chi connectivity index (χ4v) is 1.74. The number of hydrogen-bond acceptors (Lipinski definition) is 0. The van der Waals surface area contributed by atoms with Crippen molar-refractivity contribution in [2.75, 3.05) is 0 Å². The van der Waals surface area contributed by atoms with E-state index >= 15 is 0 Å². The topological polar surface area (TPSA) is 0 Å². The van der Waals surface area contributed by atoms with Crippen molar-refractivity contribution in [2.45, 2.75) is 45.2 Å². The van der Waals surface area contributed by atoms with Crippen LogP contribution < -0.4 is 0 Å². The van der Waals surface area contributed by atoms with E-state index in [1.807, 2.05) is 13.0 Å².